The molecule has 0 spiro atoms. The number of amides is 1. The molecule has 0 saturated carbocycles. The van der Waals surface area contributed by atoms with Gasteiger partial charge in [-0.2, -0.15) is 0 Å². The van der Waals surface area contributed by atoms with Crippen molar-refractivity contribution in [3.63, 3.8) is 0 Å². The van der Waals surface area contributed by atoms with Gasteiger partial charge < -0.3 is 30.2 Å². The molecule has 174 valence electrons. The predicted octanol–water partition coefficient (Wildman–Crippen LogP) is 1.76. The fourth-order valence-corrected chi connectivity index (χ4v) is 3.72. The molecular weight excluding hydrogens is 422 g/mol. The number of nitrogens with one attached hydrogen (secondary N) is 1. The van der Waals surface area contributed by atoms with Crippen LogP contribution in [-0.2, 0) is 17.7 Å². The first-order chi connectivity index (χ1) is 16.1. The summed E-state index contributed by atoms with van der Waals surface area (Å²) in [4.78, 5) is 14.5. The lowest BCUT2D eigenvalue weighted by atomic mass is 10.0. The van der Waals surface area contributed by atoms with Crippen molar-refractivity contribution in [2.24, 2.45) is 5.73 Å². The van der Waals surface area contributed by atoms with Gasteiger partial charge in [0.25, 0.3) is 5.91 Å². The molecule has 2 heterocycles. The normalized spacial score (nSPS) is 14.8. The van der Waals surface area contributed by atoms with Crippen molar-refractivity contribution in [1.29, 1.82) is 0 Å². The molecule has 4 rings (SSSR count). The van der Waals surface area contributed by atoms with Gasteiger partial charge in [0.05, 0.1) is 19.3 Å². The van der Waals surface area contributed by atoms with Crippen LogP contribution in [0.4, 0.5) is 6.01 Å². The van der Waals surface area contributed by atoms with Crippen LogP contribution in [0, 0.1) is 0 Å². The Morgan fingerprint density at radius 3 is 2.55 bits per heavy atom. The number of aryl methyl sites for hydroxylation is 1. The Hall–Kier alpha value is -3.27. The van der Waals surface area contributed by atoms with Crippen molar-refractivity contribution in [3.05, 3.63) is 65.2 Å². The summed E-state index contributed by atoms with van der Waals surface area (Å²) in [6.45, 7) is 3.35. The lowest BCUT2D eigenvalue weighted by Gasteiger charge is -2.24. The maximum Gasteiger partial charge on any atom is 0.318 e. The summed E-state index contributed by atoms with van der Waals surface area (Å²) in [6, 6.07) is 15.3. The minimum absolute atomic E-state index is 0.179. The smallest absolute Gasteiger partial charge is 0.318 e. The highest BCUT2D eigenvalue weighted by Crippen LogP contribution is 2.23. The molecule has 2 aromatic carbocycles. The van der Waals surface area contributed by atoms with Crippen molar-refractivity contribution in [3.8, 4) is 11.5 Å². The molecule has 0 bridgehead atoms. The molecule has 1 amide bonds. The van der Waals surface area contributed by atoms with E-state index < -0.39 is 6.10 Å². The maximum atomic E-state index is 12.5. The molecule has 1 saturated heterocycles. The Morgan fingerprint density at radius 1 is 1.09 bits per heavy atom. The van der Waals surface area contributed by atoms with E-state index in [2.05, 4.69) is 15.5 Å². The minimum atomic E-state index is -0.643. The Kier molecular flexibility index (Phi) is 7.66. The third kappa shape index (κ3) is 5.95. The van der Waals surface area contributed by atoms with Crippen molar-refractivity contribution < 1.29 is 19.1 Å². The molecule has 0 radical (unpaired) electrons. The van der Waals surface area contributed by atoms with E-state index in [4.69, 9.17) is 14.9 Å². The van der Waals surface area contributed by atoms with Crippen molar-refractivity contribution in [1.82, 2.24) is 15.5 Å². The monoisotopic (exact) mass is 451 g/mol. The number of aliphatic hydroxyl groups excluding tert-OH is 1. The molecule has 1 aliphatic rings. The highest BCUT2D eigenvalue weighted by Gasteiger charge is 2.18. The summed E-state index contributed by atoms with van der Waals surface area (Å²) >= 11 is 0. The molecule has 0 unspecified atom stereocenters. The Labute approximate surface area is 192 Å². The van der Waals surface area contributed by atoms with Crippen LogP contribution in [0.3, 0.4) is 0 Å². The van der Waals surface area contributed by atoms with Gasteiger partial charge in [0.15, 0.2) is 0 Å². The number of hydrogen-bond donors (Lipinski definition) is 3. The van der Waals surface area contributed by atoms with Gasteiger partial charge >= 0.3 is 6.01 Å². The highest BCUT2D eigenvalue weighted by molar-refractivity contribution is 5.94. The summed E-state index contributed by atoms with van der Waals surface area (Å²) in [7, 11) is 0. The van der Waals surface area contributed by atoms with E-state index >= 15 is 0 Å². The van der Waals surface area contributed by atoms with Crippen molar-refractivity contribution in [2.45, 2.75) is 25.5 Å². The van der Waals surface area contributed by atoms with Gasteiger partial charge in [-0.3, -0.25) is 4.79 Å². The van der Waals surface area contributed by atoms with Gasteiger partial charge in [0.1, 0.15) is 0 Å². The lowest BCUT2D eigenvalue weighted by molar-refractivity contribution is 0.0911. The van der Waals surface area contributed by atoms with E-state index in [1.54, 1.807) is 24.3 Å². The summed E-state index contributed by atoms with van der Waals surface area (Å²) in [5.41, 5.74) is 9.19. The minimum Gasteiger partial charge on any atom is -0.403 e. The number of anilines is 1. The Bertz CT molecular complexity index is 1050. The maximum absolute atomic E-state index is 12.5. The SMILES string of the molecule is NCc1ccccc1CC[C@H](O)CNC(=O)c1ccc(-c2nnc(N3CCOCC3)o2)cc1. The number of benzene rings is 2. The fraction of sp³-hybridized carbons (Fsp3) is 0.375. The molecule has 9 nitrogen and oxygen atoms in total. The molecule has 9 heteroatoms. The van der Waals surface area contributed by atoms with Crippen LogP contribution in [0.15, 0.2) is 52.9 Å². The van der Waals surface area contributed by atoms with Crippen LogP contribution in [-0.4, -0.2) is 60.2 Å². The number of aromatic nitrogens is 2. The number of ether oxygens (including phenoxy) is 1. The zero-order chi connectivity index (χ0) is 23.0. The van der Waals surface area contributed by atoms with E-state index in [1.165, 1.54) is 0 Å². The van der Waals surface area contributed by atoms with E-state index in [1.807, 2.05) is 29.2 Å². The molecule has 1 atom stereocenters. The van der Waals surface area contributed by atoms with E-state index in [0.717, 1.165) is 16.7 Å². The highest BCUT2D eigenvalue weighted by atomic mass is 16.5. The largest absolute Gasteiger partial charge is 0.403 e. The molecule has 33 heavy (non-hydrogen) atoms. The number of morpholine rings is 1. The first kappa shape index (κ1) is 22.9. The second-order valence-electron chi connectivity index (χ2n) is 7.94. The zero-order valence-electron chi connectivity index (χ0n) is 18.4. The van der Waals surface area contributed by atoms with Crippen LogP contribution in [0.25, 0.3) is 11.5 Å². The summed E-state index contributed by atoms with van der Waals surface area (Å²) in [5.74, 6) is 0.152. The summed E-state index contributed by atoms with van der Waals surface area (Å²) < 4.78 is 11.1. The van der Waals surface area contributed by atoms with Gasteiger partial charge in [-0.15, -0.1) is 5.10 Å². The third-order valence-electron chi connectivity index (χ3n) is 5.67. The van der Waals surface area contributed by atoms with Crippen molar-refractivity contribution >= 4 is 11.9 Å². The molecule has 3 aromatic rings. The Balaban J connectivity index is 1.27. The van der Waals surface area contributed by atoms with E-state index in [-0.39, 0.29) is 12.5 Å². The molecule has 4 N–H and O–H groups in total. The van der Waals surface area contributed by atoms with Gasteiger partial charge in [0, 0.05) is 37.3 Å². The average Bonchev–Trinajstić information content (AvgIpc) is 3.37. The van der Waals surface area contributed by atoms with Crippen molar-refractivity contribution in [2.75, 3.05) is 37.7 Å². The third-order valence-corrected chi connectivity index (χ3v) is 5.67. The second-order valence-corrected chi connectivity index (χ2v) is 7.94. The number of carbonyl (C=O) groups excluding carboxylic acids is 1. The summed E-state index contributed by atoms with van der Waals surface area (Å²) in [5, 5.41) is 21.3. The number of hydrogen-bond acceptors (Lipinski definition) is 8. The zero-order valence-corrected chi connectivity index (χ0v) is 18.4. The van der Waals surface area contributed by atoms with E-state index in [9.17, 15) is 9.90 Å². The number of aliphatic hydroxyl groups is 1. The van der Waals surface area contributed by atoms with Gasteiger partial charge in [-0.05, 0) is 48.2 Å². The van der Waals surface area contributed by atoms with Crippen LogP contribution in [0.5, 0.6) is 0 Å². The lowest BCUT2D eigenvalue weighted by Crippen LogP contribution is -2.36. The molecule has 0 aliphatic carbocycles. The Morgan fingerprint density at radius 2 is 1.82 bits per heavy atom. The van der Waals surface area contributed by atoms with Crippen LogP contribution in [0.1, 0.15) is 27.9 Å². The van der Waals surface area contributed by atoms with Gasteiger partial charge in [-0.25, -0.2) is 0 Å². The van der Waals surface area contributed by atoms with E-state index in [0.29, 0.717) is 63.2 Å². The number of nitrogens with two attached hydrogens (primary N) is 1. The number of rotatable bonds is 9. The average molecular weight is 452 g/mol. The molecule has 1 aliphatic heterocycles. The van der Waals surface area contributed by atoms with Gasteiger partial charge in [-0.1, -0.05) is 29.4 Å². The fourth-order valence-electron chi connectivity index (χ4n) is 3.72. The first-order valence-corrected chi connectivity index (χ1v) is 11.1. The number of carbonyl (C=O) groups is 1. The summed E-state index contributed by atoms with van der Waals surface area (Å²) in [6.07, 6.45) is 0.602. The topological polar surface area (TPSA) is 127 Å². The predicted molar refractivity (Wildman–Crippen MR) is 124 cm³/mol. The molecule has 1 aromatic heterocycles. The second kappa shape index (κ2) is 11.0. The quantitative estimate of drug-likeness (QED) is 0.449. The van der Waals surface area contributed by atoms with Crippen LogP contribution < -0.4 is 16.0 Å². The molecule has 1 fully saturated rings. The first-order valence-electron chi connectivity index (χ1n) is 11.1. The molecular formula is C24H29N5O4. The number of nitrogens with zero attached hydrogens (tertiary/aromatic N) is 3. The van der Waals surface area contributed by atoms with Crippen LogP contribution >= 0.6 is 0 Å². The van der Waals surface area contributed by atoms with Crippen LogP contribution in [0.2, 0.25) is 0 Å². The van der Waals surface area contributed by atoms with Gasteiger partial charge in [0.2, 0.25) is 5.89 Å². The standard InChI is InChI=1S/C24H29N5O4/c25-15-20-4-2-1-3-17(20)9-10-21(30)16-26-22(31)18-5-7-19(8-6-18)23-27-28-24(33-23)29-11-13-32-14-12-29/h1-8,21,30H,9-16,25H2,(H,26,31)/t21-/m0/s1.